The van der Waals surface area contributed by atoms with Gasteiger partial charge in [0, 0.05) is 29.6 Å². The topological polar surface area (TPSA) is 117 Å². The zero-order valence-corrected chi connectivity index (χ0v) is 23.2. The Morgan fingerprint density at radius 3 is 2.33 bits per heavy atom. The number of nitrogens with zero attached hydrogens (tertiary/aromatic N) is 1. The summed E-state index contributed by atoms with van der Waals surface area (Å²) >= 11 is 12.2. The summed E-state index contributed by atoms with van der Waals surface area (Å²) < 4.78 is 27.9. The van der Waals surface area contributed by atoms with E-state index in [0.717, 1.165) is 30.4 Å². The SMILES string of the molecule is O=C(CCNC(=O)c1ccc(S(=O)(=O)N(Oc2ccc(Cl)cc2Cl)c2ccccc2)cc1)NC1CCNCC1. The molecule has 0 radical (unpaired) electrons. The van der Waals surface area contributed by atoms with Crippen molar-refractivity contribution in [2.45, 2.75) is 30.2 Å². The fraction of sp³-hybridized carbons (Fsp3) is 0.259. The number of para-hydroxylation sites is 1. The predicted octanol–water partition coefficient (Wildman–Crippen LogP) is 4.17. The zero-order valence-electron chi connectivity index (χ0n) is 20.9. The molecular formula is C27H28Cl2N4O5S. The lowest BCUT2D eigenvalue weighted by Crippen LogP contribution is -2.43. The van der Waals surface area contributed by atoms with E-state index in [4.69, 9.17) is 28.0 Å². The van der Waals surface area contributed by atoms with Gasteiger partial charge in [-0.3, -0.25) is 9.59 Å². The second-order valence-electron chi connectivity index (χ2n) is 8.86. The zero-order chi connectivity index (χ0) is 27.8. The van der Waals surface area contributed by atoms with Crippen molar-refractivity contribution in [3.05, 3.63) is 88.4 Å². The van der Waals surface area contributed by atoms with Gasteiger partial charge in [-0.05, 0) is 80.5 Å². The molecule has 206 valence electrons. The molecule has 1 aliphatic rings. The molecule has 1 heterocycles. The summed E-state index contributed by atoms with van der Waals surface area (Å²) in [6, 6.07) is 18.3. The van der Waals surface area contributed by atoms with Crippen molar-refractivity contribution >= 4 is 50.7 Å². The number of anilines is 1. The number of sulfonamides is 1. The third-order valence-electron chi connectivity index (χ3n) is 6.02. The minimum atomic E-state index is -4.23. The molecule has 0 aromatic heterocycles. The van der Waals surface area contributed by atoms with Crippen LogP contribution in [0.5, 0.6) is 5.75 Å². The lowest BCUT2D eigenvalue weighted by atomic mass is 10.1. The molecule has 1 aliphatic heterocycles. The van der Waals surface area contributed by atoms with Crippen LogP contribution in [0.3, 0.4) is 0 Å². The fourth-order valence-corrected chi connectivity index (χ4v) is 5.65. The Morgan fingerprint density at radius 2 is 1.67 bits per heavy atom. The number of nitrogens with one attached hydrogen (secondary N) is 3. The second-order valence-corrected chi connectivity index (χ2v) is 11.5. The Hall–Kier alpha value is -3.31. The van der Waals surface area contributed by atoms with E-state index in [1.54, 1.807) is 30.3 Å². The summed E-state index contributed by atoms with van der Waals surface area (Å²) in [6.45, 7) is 1.90. The molecule has 1 saturated heterocycles. The smallest absolute Gasteiger partial charge is 0.295 e. The molecule has 2 amide bonds. The Morgan fingerprint density at radius 1 is 0.974 bits per heavy atom. The predicted molar refractivity (Wildman–Crippen MR) is 151 cm³/mol. The van der Waals surface area contributed by atoms with Crippen molar-refractivity contribution in [3.8, 4) is 5.75 Å². The van der Waals surface area contributed by atoms with E-state index in [-0.39, 0.29) is 51.8 Å². The van der Waals surface area contributed by atoms with Gasteiger partial charge in [0.25, 0.3) is 15.9 Å². The van der Waals surface area contributed by atoms with Gasteiger partial charge in [0.05, 0.1) is 15.6 Å². The van der Waals surface area contributed by atoms with E-state index in [2.05, 4.69) is 16.0 Å². The molecule has 0 aliphatic carbocycles. The van der Waals surface area contributed by atoms with Gasteiger partial charge in [-0.25, -0.2) is 0 Å². The van der Waals surface area contributed by atoms with Crippen LogP contribution < -0.4 is 25.3 Å². The molecule has 9 nitrogen and oxygen atoms in total. The molecule has 0 saturated carbocycles. The molecule has 0 spiro atoms. The Balaban J connectivity index is 1.43. The van der Waals surface area contributed by atoms with Crippen LogP contribution in [0.2, 0.25) is 10.0 Å². The largest absolute Gasteiger partial charge is 0.363 e. The highest BCUT2D eigenvalue weighted by Gasteiger charge is 2.28. The molecule has 0 bridgehead atoms. The van der Waals surface area contributed by atoms with Gasteiger partial charge < -0.3 is 20.8 Å². The highest BCUT2D eigenvalue weighted by atomic mass is 35.5. The summed E-state index contributed by atoms with van der Waals surface area (Å²) in [4.78, 5) is 30.4. The maximum Gasteiger partial charge on any atom is 0.295 e. The van der Waals surface area contributed by atoms with Crippen LogP contribution in [0.15, 0.2) is 77.7 Å². The van der Waals surface area contributed by atoms with Crippen molar-refractivity contribution < 1.29 is 22.8 Å². The monoisotopic (exact) mass is 590 g/mol. The van der Waals surface area contributed by atoms with Gasteiger partial charge in [0.15, 0.2) is 5.75 Å². The number of hydrogen-bond acceptors (Lipinski definition) is 6. The van der Waals surface area contributed by atoms with E-state index in [1.165, 1.54) is 42.5 Å². The average molecular weight is 592 g/mol. The highest BCUT2D eigenvalue weighted by Crippen LogP contribution is 2.32. The molecule has 3 N–H and O–H groups in total. The van der Waals surface area contributed by atoms with Gasteiger partial charge >= 0.3 is 0 Å². The number of halogens is 2. The first-order valence-electron chi connectivity index (χ1n) is 12.4. The van der Waals surface area contributed by atoms with Crippen LogP contribution >= 0.6 is 23.2 Å². The molecule has 1 fully saturated rings. The maximum absolute atomic E-state index is 13.6. The molecule has 4 rings (SSSR count). The van der Waals surface area contributed by atoms with Gasteiger partial charge in [0.1, 0.15) is 0 Å². The number of carbonyl (C=O) groups is 2. The maximum atomic E-state index is 13.6. The number of benzene rings is 3. The molecule has 12 heteroatoms. The van der Waals surface area contributed by atoms with Crippen LogP contribution in [-0.2, 0) is 14.8 Å². The third-order valence-corrected chi connectivity index (χ3v) is 8.14. The van der Waals surface area contributed by atoms with E-state index in [1.807, 2.05) is 0 Å². The second kappa shape index (κ2) is 13.2. The molecule has 3 aromatic carbocycles. The van der Waals surface area contributed by atoms with Crippen LogP contribution in [0.25, 0.3) is 0 Å². The number of piperidine rings is 1. The third kappa shape index (κ3) is 7.63. The summed E-state index contributed by atoms with van der Waals surface area (Å²) in [5.41, 5.74) is 0.494. The molecule has 3 aromatic rings. The van der Waals surface area contributed by atoms with E-state index < -0.39 is 15.9 Å². The number of hydrogen-bond donors (Lipinski definition) is 3. The molecule has 0 atom stereocenters. The van der Waals surface area contributed by atoms with Crippen LogP contribution in [0.1, 0.15) is 29.6 Å². The van der Waals surface area contributed by atoms with E-state index >= 15 is 0 Å². The van der Waals surface area contributed by atoms with Crippen molar-refractivity contribution in [1.29, 1.82) is 0 Å². The van der Waals surface area contributed by atoms with Crippen molar-refractivity contribution in [3.63, 3.8) is 0 Å². The average Bonchev–Trinajstić information content (AvgIpc) is 2.93. The quantitative estimate of drug-likeness (QED) is 0.305. The summed E-state index contributed by atoms with van der Waals surface area (Å²) in [6.07, 6.45) is 1.92. The number of amides is 2. The summed E-state index contributed by atoms with van der Waals surface area (Å²) in [7, 11) is -4.23. The Labute approximate surface area is 237 Å². The highest BCUT2D eigenvalue weighted by molar-refractivity contribution is 7.92. The van der Waals surface area contributed by atoms with E-state index in [9.17, 15) is 18.0 Å². The Kier molecular flexibility index (Phi) is 9.68. The first-order valence-corrected chi connectivity index (χ1v) is 14.6. The molecule has 39 heavy (non-hydrogen) atoms. The lowest BCUT2D eigenvalue weighted by molar-refractivity contribution is -0.121. The van der Waals surface area contributed by atoms with Crippen molar-refractivity contribution in [2.24, 2.45) is 0 Å². The van der Waals surface area contributed by atoms with Gasteiger partial charge in [0.2, 0.25) is 5.91 Å². The Bertz CT molecular complexity index is 1400. The van der Waals surface area contributed by atoms with Gasteiger partial charge in [-0.1, -0.05) is 45.9 Å². The first-order chi connectivity index (χ1) is 18.7. The number of rotatable bonds is 10. The molecular weight excluding hydrogens is 563 g/mol. The minimum Gasteiger partial charge on any atom is -0.363 e. The number of carbonyl (C=O) groups excluding carboxylic acids is 2. The first kappa shape index (κ1) is 28.7. The van der Waals surface area contributed by atoms with Gasteiger partial charge in [-0.2, -0.15) is 8.42 Å². The minimum absolute atomic E-state index is 0.0914. The standard InChI is InChI=1S/C27H28Cl2N4O5S/c28-20-8-11-25(24(29)18-20)38-33(22-4-2-1-3-5-22)39(36,37)23-9-6-19(7-10-23)27(35)31-17-14-26(34)32-21-12-15-30-16-13-21/h1-11,18,21,30H,12-17H2,(H,31,35)(H,32,34). The van der Waals surface area contributed by atoms with Gasteiger partial charge in [-0.15, -0.1) is 0 Å². The van der Waals surface area contributed by atoms with Crippen molar-refractivity contribution in [2.75, 3.05) is 24.1 Å². The fourth-order valence-electron chi connectivity index (χ4n) is 3.96. The summed E-state index contributed by atoms with van der Waals surface area (Å²) in [5, 5.41) is 9.42. The summed E-state index contributed by atoms with van der Waals surface area (Å²) in [5.74, 6) is -0.447. The van der Waals surface area contributed by atoms with E-state index in [0.29, 0.717) is 5.02 Å². The van der Waals surface area contributed by atoms with Crippen LogP contribution in [-0.4, -0.2) is 45.9 Å². The lowest BCUT2D eigenvalue weighted by Gasteiger charge is -2.24. The van der Waals surface area contributed by atoms with Crippen LogP contribution in [0, 0.1) is 0 Å². The normalized spacial score (nSPS) is 13.9. The van der Waals surface area contributed by atoms with Crippen LogP contribution in [0.4, 0.5) is 5.69 Å². The van der Waals surface area contributed by atoms with Crippen molar-refractivity contribution in [1.82, 2.24) is 16.0 Å². The molecule has 0 unspecified atom stereocenters.